The summed E-state index contributed by atoms with van der Waals surface area (Å²) < 4.78 is 0.705. The van der Waals surface area contributed by atoms with E-state index in [0.29, 0.717) is 37.5 Å². The second-order valence-electron chi connectivity index (χ2n) is 11.6. The van der Waals surface area contributed by atoms with Gasteiger partial charge in [-0.25, -0.2) is 0 Å². The number of hydrogen-bond acceptors (Lipinski definition) is 4. The molecular formula is C38H21BrN2O4. The summed E-state index contributed by atoms with van der Waals surface area (Å²) in [5.41, 5.74) is 3.64. The van der Waals surface area contributed by atoms with Gasteiger partial charge in [0.05, 0.1) is 13.1 Å². The minimum Gasteiger partial charge on any atom is -0.270 e. The minimum atomic E-state index is -0.341. The van der Waals surface area contributed by atoms with Crippen LogP contribution in [0.25, 0.3) is 43.1 Å². The first kappa shape index (κ1) is 26.0. The van der Waals surface area contributed by atoms with Gasteiger partial charge in [0.15, 0.2) is 0 Å². The molecule has 214 valence electrons. The zero-order valence-electron chi connectivity index (χ0n) is 23.6. The fourth-order valence-electron chi connectivity index (χ4n) is 7.24. The Morgan fingerprint density at radius 2 is 0.844 bits per heavy atom. The molecule has 2 aliphatic rings. The number of fused-ring (bicyclic) bond motifs is 2. The van der Waals surface area contributed by atoms with Crippen LogP contribution in [-0.2, 0) is 13.1 Å². The quantitative estimate of drug-likeness (QED) is 0.110. The molecule has 9 rings (SSSR count). The molecule has 0 N–H and O–H groups in total. The van der Waals surface area contributed by atoms with Crippen LogP contribution in [0.3, 0.4) is 0 Å². The number of halogens is 1. The molecule has 0 fully saturated rings. The van der Waals surface area contributed by atoms with Crippen LogP contribution in [0.5, 0.6) is 0 Å². The van der Waals surface area contributed by atoms with E-state index in [1.807, 2.05) is 78.9 Å². The Morgan fingerprint density at radius 3 is 1.36 bits per heavy atom. The third-order valence-electron chi connectivity index (χ3n) is 9.22. The van der Waals surface area contributed by atoms with Gasteiger partial charge in [-0.2, -0.15) is 0 Å². The molecule has 7 aromatic carbocycles. The van der Waals surface area contributed by atoms with Crippen LogP contribution in [0.15, 0.2) is 108 Å². The number of imide groups is 2. The number of amides is 4. The van der Waals surface area contributed by atoms with Crippen molar-refractivity contribution in [3.63, 3.8) is 0 Å². The van der Waals surface area contributed by atoms with Gasteiger partial charge in [-0.1, -0.05) is 94.8 Å². The normalized spacial score (nSPS) is 14.6. The Balaban J connectivity index is 1.28. The fraction of sp³-hybridized carbons (Fsp3) is 0.0526. The summed E-state index contributed by atoms with van der Waals surface area (Å²) in [4.78, 5) is 58.1. The van der Waals surface area contributed by atoms with Crippen LogP contribution in [-0.4, -0.2) is 33.4 Å². The molecule has 7 heteroatoms. The monoisotopic (exact) mass is 648 g/mol. The molecule has 2 aliphatic heterocycles. The first-order chi connectivity index (χ1) is 21.9. The lowest BCUT2D eigenvalue weighted by molar-refractivity contribution is 0.0583. The van der Waals surface area contributed by atoms with Crippen molar-refractivity contribution in [2.75, 3.05) is 0 Å². The summed E-state index contributed by atoms with van der Waals surface area (Å²) in [6.07, 6.45) is 0. The summed E-state index contributed by atoms with van der Waals surface area (Å²) in [6, 6.07) is 31.9. The molecule has 0 atom stereocenters. The van der Waals surface area contributed by atoms with E-state index >= 15 is 0 Å². The maximum Gasteiger partial charge on any atom is 0.261 e. The van der Waals surface area contributed by atoms with Crippen molar-refractivity contribution in [2.24, 2.45) is 0 Å². The number of carbonyl (C=O) groups excluding carboxylic acids is 4. The van der Waals surface area contributed by atoms with Crippen molar-refractivity contribution in [1.29, 1.82) is 0 Å². The van der Waals surface area contributed by atoms with Gasteiger partial charge in [0.2, 0.25) is 0 Å². The molecule has 7 aromatic rings. The number of benzene rings is 7. The Bertz CT molecular complexity index is 2450. The van der Waals surface area contributed by atoms with Gasteiger partial charge in [-0.3, -0.25) is 29.0 Å². The second kappa shape index (κ2) is 9.30. The standard InChI is InChI=1S/C38H21BrN2O4/c39-29-17-28-32-27(37(44)41(38(28)45)19-21-9-5-2-6-10-21)15-12-23-22-11-14-25-31-26(16-13-24(30(22)31)33(29)34(23)32)36(43)40(35(25)42)18-20-7-3-1-4-8-20/h1-17H,18-19H2. The van der Waals surface area contributed by atoms with Crippen LogP contribution in [0, 0.1) is 0 Å². The topological polar surface area (TPSA) is 74.8 Å². The molecule has 4 amide bonds. The average Bonchev–Trinajstić information content (AvgIpc) is 3.07. The number of hydrogen-bond donors (Lipinski definition) is 0. The van der Waals surface area contributed by atoms with Crippen molar-refractivity contribution >= 4 is 82.6 Å². The fourth-order valence-corrected chi connectivity index (χ4v) is 7.88. The zero-order valence-corrected chi connectivity index (χ0v) is 25.2. The van der Waals surface area contributed by atoms with Crippen LogP contribution in [0.4, 0.5) is 0 Å². The molecule has 0 spiro atoms. The molecule has 45 heavy (non-hydrogen) atoms. The lowest BCUT2D eigenvalue weighted by atomic mass is 9.82. The lowest BCUT2D eigenvalue weighted by Gasteiger charge is -2.30. The molecule has 2 heterocycles. The molecule has 6 nitrogen and oxygen atoms in total. The summed E-state index contributed by atoms with van der Waals surface area (Å²) in [5, 5.41) is 6.29. The number of carbonyl (C=O) groups is 4. The smallest absolute Gasteiger partial charge is 0.261 e. The molecule has 0 bridgehead atoms. The number of nitrogens with zero attached hydrogens (tertiary/aromatic N) is 2. The minimum absolute atomic E-state index is 0.178. The van der Waals surface area contributed by atoms with Crippen LogP contribution >= 0.6 is 15.9 Å². The van der Waals surface area contributed by atoms with Crippen molar-refractivity contribution in [2.45, 2.75) is 13.1 Å². The molecule has 0 radical (unpaired) electrons. The Hall–Kier alpha value is -5.40. The van der Waals surface area contributed by atoms with Gasteiger partial charge >= 0.3 is 0 Å². The number of rotatable bonds is 4. The van der Waals surface area contributed by atoms with E-state index in [4.69, 9.17) is 0 Å². The second-order valence-corrected chi connectivity index (χ2v) is 12.5. The summed E-state index contributed by atoms with van der Waals surface area (Å²) in [5.74, 6) is -1.33. The highest BCUT2D eigenvalue weighted by Gasteiger charge is 2.37. The SMILES string of the molecule is O=C1c2ccc3c4ccc5c6c(cc(Br)c(c7ccc(c2c37)C(=O)N1Cc1ccccc1)c64)C(=O)N(Cc1ccccc1)C5=O. The summed E-state index contributed by atoms with van der Waals surface area (Å²) in [7, 11) is 0. The molecule has 0 saturated heterocycles. The average molecular weight is 650 g/mol. The van der Waals surface area contributed by atoms with Crippen molar-refractivity contribution in [3.8, 4) is 0 Å². The maximum atomic E-state index is 13.9. The van der Waals surface area contributed by atoms with Gasteiger partial charge < -0.3 is 0 Å². The Labute approximate surface area is 264 Å². The third-order valence-corrected chi connectivity index (χ3v) is 9.85. The van der Waals surface area contributed by atoms with Gasteiger partial charge in [0, 0.05) is 48.3 Å². The van der Waals surface area contributed by atoms with E-state index in [-0.39, 0.29) is 36.7 Å². The highest BCUT2D eigenvalue weighted by molar-refractivity contribution is 9.10. The lowest BCUT2D eigenvalue weighted by Crippen LogP contribution is -2.40. The van der Waals surface area contributed by atoms with E-state index < -0.39 is 0 Å². The maximum absolute atomic E-state index is 13.9. The molecule has 0 unspecified atom stereocenters. The molecule has 0 aromatic heterocycles. The molecule has 0 saturated carbocycles. The largest absolute Gasteiger partial charge is 0.270 e. The first-order valence-electron chi connectivity index (χ1n) is 14.6. The van der Waals surface area contributed by atoms with E-state index in [1.165, 1.54) is 9.80 Å². The van der Waals surface area contributed by atoms with Crippen LogP contribution in [0.2, 0.25) is 0 Å². The van der Waals surface area contributed by atoms with Crippen molar-refractivity contribution in [1.82, 2.24) is 9.80 Å². The predicted octanol–water partition coefficient (Wildman–Crippen LogP) is 8.09. The van der Waals surface area contributed by atoms with Gasteiger partial charge in [-0.05, 0) is 56.9 Å². The zero-order chi connectivity index (χ0) is 30.6. The van der Waals surface area contributed by atoms with E-state index in [1.54, 1.807) is 24.3 Å². The highest BCUT2D eigenvalue weighted by atomic mass is 79.9. The van der Waals surface area contributed by atoms with E-state index in [9.17, 15) is 19.2 Å². The molecule has 0 aliphatic carbocycles. The van der Waals surface area contributed by atoms with Crippen LogP contribution < -0.4 is 0 Å². The van der Waals surface area contributed by atoms with Gasteiger partial charge in [0.25, 0.3) is 23.6 Å². The van der Waals surface area contributed by atoms with Crippen molar-refractivity contribution < 1.29 is 19.2 Å². The highest BCUT2D eigenvalue weighted by Crippen LogP contribution is 2.48. The summed E-state index contributed by atoms with van der Waals surface area (Å²) in [6.45, 7) is 0.364. The Kier molecular flexibility index (Phi) is 5.38. The predicted molar refractivity (Wildman–Crippen MR) is 177 cm³/mol. The van der Waals surface area contributed by atoms with E-state index in [2.05, 4.69) is 15.9 Å². The van der Waals surface area contributed by atoms with Gasteiger partial charge in [-0.15, -0.1) is 0 Å². The molecular weight excluding hydrogens is 628 g/mol. The first-order valence-corrected chi connectivity index (χ1v) is 15.4. The third kappa shape index (κ3) is 3.50. The van der Waals surface area contributed by atoms with Crippen molar-refractivity contribution in [3.05, 3.63) is 141 Å². The van der Waals surface area contributed by atoms with Gasteiger partial charge in [0.1, 0.15) is 0 Å². The van der Waals surface area contributed by atoms with E-state index in [0.717, 1.165) is 43.4 Å². The van der Waals surface area contributed by atoms with Crippen LogP contribution in [0.1, 0.15) is 52.6 Å². The summed E-state index contributed by atoms with van der Waals surface area (Å²) >= 11 is 3.77. The Morgan fingerprint density at radius 1 is 0.422 bits per heavy atom.